The van der Waals surface area contributed by atoms with E-state index in [-0.39, 0.29) is 12.5 Å². The molecule has 9 heteroatoms. The van der Waals surface area contributed by atoms with E-state index in [9.17, 15) is 4.79 Å². The molecule has 0 atom stereocenters. The van der Waals surface area contributed by atoms with Crippen molar-refractivity contribution in [3.8, 4) is 11.5 Å². The van der Waals surface area contributed by atoms with E-state index in [0.717, 1.165) is 26.7 Å². The fourth-order valence-corrected chi connectivity index (χ4v) is 6.12. The molecule has 1 amide bonds. The molecular weight excluding hydrogens is 655 g/mol. The molecule has 1 saturated heterocycles. The molecule has 1 heterocycles. The molecule has 42 heavy (non-hydrogen) atoms. The summed E-state index contributed by atoms with van der Waals surface area (Å²) < 4.78 is 12.8. The van der Waals surface area contributed by atoms with Crippen molar-refractivity contribution in [2.75, 3.05) is 6.61 Å². The maximum atomic E-state index is 13.7. The standard InChI is InChI=1S/C33H27BrCl2N2O3S/c1-2-40-29-15-25(27(34)18-30(29)41-21-24-13-14-26(35)17-28(24)36)16-31-32(39)38(20-23-11-7-4-8-12-23)33(42-31)37-19-22-9-5-3-6-10-22/h3-18H,2,19-21H2,1H3/b31-16-,37-33?. The van der Waals surface area contributed by atoms with Gasteiger partial charge in [-0.15, -0.1) is 0 Å². The number of hydrogen-bond donors (Lipinski definition) is 0. The molecule has 214 valence electrons. The molecule has 4 aromatic rings. The summed E-state index contributed by atoms with van der Waals surface area (Å²) >= 11 is 17.4. The van der Waals surface area contributed by atoms with Gasteiger partial charge >= 0.3 is 0 Å². The molecule has 0 aromatic heterocycles. The largest absolute Gasteiger partial charge is 0.490 e. The first-order chi connectivity index (χ1) is 20.4. The molecule has 1 aliphatic rings. The van der Waals surface area contributed by atoms with Gasteiger partial charge in [-0.25, -0.2) is 0 Å². The monoisotopic (exact) mass is 680 g/mol. The van der Waals surface area contributed by atoms with Crippen LogP contribution in [-0.4, -0.2) is 22.6 Å². The Bertz CT molecular complexity index is 1630. The molecule has 1 fully saturated rings. The maximum absolute atomic E-state index is 13.7. The number of hydrogen-bond acceptors (Lipinski definition) is 5. The van der Waals surface area contributed by atoms with Crippen LogP contribution in [0.15, 0.2) is 105 Å². The van der Waals surface area contributed by atoms with Crippen LogP contribution in [0.5, 0.6) is 11.5 Å². The van der Waals surface area contributed by atoms with E-state index in [0.29, 0.717) is 51.3 Å². The number of ether oxygens (including phenoxy) is 2. The van der Waals surface area contributed by atoms with Crippen molar-refractivity contribution in [2.45, 2.75) is 26.6 Å². The Kier molecular flexibility index (Phi) is 10.3. The molecule has 1 aliphatic heterocycles. The average Bonchev–Trinajstić information content (AvgIpc) is 3.28. The predicted molar refractivity (Wildman–Crippen MR) is 176 cm³/mol. The van der Waals surface area contributed by atoms with Gasteiger partial charge in [-0.05, 0) is 65.7 Å². The second kappa shape index (κ2) is 14.3. The molecule has 0 saturated carbocycles. The van der Waals surface area contributed by atoms with Crippen molar-refractivity contribution in [2.24, 2.45) is 4.99 Å². The Morgan fingerprint density at radius 2 is 1.60 bits per heavy atom. The maximum Gasteiger partial charge on any atom is 0.267 e. The molecule has 0 N–H and O–H groups in total. The third-order valence-corrected chi connectivity index (χ3v) is 8.68. The summed E-state index contributed by atoms with van der Waals surface area (Å²) in [4.78, 5) is 20.8. The number of carbonyl (C=O) groups is 1. The Balaban J connectivity index is 1.42. The highest BCUT2D eigenvalue weighted by atomic mass is 79.9. The topological polar surface area (TPSA) is 51.1 Å². The SMILES string of the molecule is CCOc1cc(/C=C2\SC(=NCc3ccccc3)N(Cc3ccccc3)C2=O)c(Br)cc1OCc1ccc(Cl)cc1Cl. The van der Waals surface area contributed by atoms with Crippen LogP contribution in [0.4, 0.5) is 0 Å². The van der Waals surface area contributed by atoms with Gasteiger partial charge in [0.05, 0.1) is 24.6 Å². The minimum atomic E-state index is -0.0989. The Morgan fingerprint density at radius 3 is 2.29 bits per heavy atom. The molecule has 5 rings (SSSR count). The molecule has 4 aromatic carbocycles. The van der Waals surface area contributed by atoms with Crippen molar-refractivity contribution in [1.82, 2.24) is 4.90 Å². The van der Waals surface area contributed by atoms with Gasteiger partial charge in [-0.2, -0.15) is 0 Å². The number of amidine groups is 1. The summed E-state index contributed by atoms with van der Waals surface area (Å²) in [5.74, 6) is 1.02. The summed E-state index contributed by atoms with van der Waals surface area (Å²) in [7, 11) is 0. The number of rotatable bonds is 10. The number of benzene rings is 4. The van der Waals surface area contributed by atoms with Crippen molar-refractivity contribution >= 4 is 68.0 Å². The summed E-state index contributed by atoms with van der Waals surface area (Å²) in [6.07, 6.45) is 1.86. The van der Waals surface area contributed by atoms with Crippen LogP contribution in [0.3, 0.4) is 0 Å². The van der Waals surface area contributed by atoms with Crippen LogP contribution in [0.1, 0.15) is 29.2 Å². The second-order valence-electron chi connectivity index (χ2n) is 9.35. The van der Waals surface area contributed by atoms with Crippen LogP contribution >= 0.6 is 50.9 Å². The van der Waals surface area contributed by atoms with Crippen LogP contribution in [0.25, 0.3) is 6.08 Å². The van der Waals surface area contributed by atoms with Crippen molar-refractivity contribution in [3.05, 3.63) is 133 Å². The minimum Gasteiger partial charge on any atom is -0.490 e. The van der Waals surface area contributed by atoms with Gasteiger partial charge in [0, 0.05) is 20.1 Å². The number of thioether (sulfide) groups is 1. The van der Waals surface area contributed by atoms with E-state index in [1.165, 1.54) is 11.8 Å². The van der Waals surface area contributed by atoms with Crippen LogP contribution in [0.2, 0.25) is 10.0 Å². The van der Waals surface area contributed by atoms with Crippen molar-refractivity contribution in [3.63, 3.8) is 0 Å². The smallest absolute Gasteiger partial charge is 0.267 e. The number of nitrogens with zero attached hydrogens (tertiary/aromatic N) is 2. The normalized spacial score (nSPS) is 15.0. The van der Waals surface area contributed by atoms with Crippen molar-refractivity contribution < 1.29 is 14.3 Å². The summed E-state index contributed by atoms with van der Waals surface area (Å²) in [5.41, 5.74) is 3.70. The summed E-state index contributed by atoms with van der Waals surface area (Å²) in [5, 5.41) is 1.76. The molecule has 0 unspecified atom stereocenters. The highest BCUT2D eigenvalue weighted by molar-refractivity contribution is 9.10. The lowest BCUT2D eigenvalue weighted by atomic mass is 10.1. The molecule has 0 spiro atoms. The van der Waals surface area contributed by atoms with E-state index >= 15 is 0 Å². The molecule has 0 bridgehead atoms. The molecule has 0 aliphatic carbocycles. The highest BCUT2D eigenvalue weighted by Crippen LogP contribution is 2.39. The third-order valence-electron chi connectivity index (χ3n) is 6.36. The molecular formula is C33H27BrCl2N2O3S. The average molecular weight is 682 g/mol. The first-order valence-corrected chi connectivity index (χ1v) is 15.6. The van der Waals surface area contributed by atoms with Gasteiger partial charge in [0.1, 0.15) is 6.61 Å². The number of amides is 1. The van der Waals surface area contributed by atoms with Crippen LogP contribution in [-0.2, 0) is 24.5 Å². The lowest BCUT2D eigenvalue weighted by Crippen LogP contribution is -2.28. The first-order valence-electron chi connectivity index (χ1n) is 13.3. The Morgan fingerprint density at radius 1 is 0.905 bits per heavy atom. The zero-order valence-corrected chi connectivity index (χ0v) is 26.6. The summed E-state index contributed by atoms with van der Waals surface area (Å²) in [6, 6.07) is 28.9. The van der Waals surface area contributed by atoms with E-state index < -0.39 is 0 Å². The lowest BCUT2D eigenvalue weighted by molar-refractivity contribution is -0.122. The van der Waals surface area contributed by atoms with Gasteiger partial charge in [-0.3, -0.25) is 14.7 Å². The second-order valence-corrected chi connectivity index (χ2v) is 12.1. The number of halogens is 3. The van der Waals surface area contributed by atoms with Crippen LogP contribution < -0.4 is 9.47 Å². The minimum absolute atomic E-state index is 0.0989. The Labute approximate surface area is 268 Å². The van der Waals surface area contributed by atoms with Gasteiger partial charge in [-0.1, -0.05) is 106 Å². The van der Waals surface area contributed by atoms with E-state index in [1.54, 1.807) is 17.0 Å². The van der Waals surface area contributed by atoms with Crippen LogP contribution in [0, 0.1) is 0 Å². The van der Waals surface area contributed by atoms with Gasteiger partial charge < -0.3 is 9.47 Å². The summed E-state index contributed by atoms with van der Waals surface area (Å²) in [6.45, 7) is 3.52. The first kappa shape index (κ1) is 30.2. The quantitative estimate of drug-likeness (QED) is 0.157. The zero-order chi connectivity index (χ0) is 29.5. The van der Waals surface area contributed by atoms with E-state index in [4.69, 9.17) is 37.7 Å². The van der Waals surface area contributed by atoms with Gasteiger partial charge in [0.15, 0.2) is 16.7 Å². The predicted octanol–water partition coefficient (Wildman–Crippen LogP) is 9.41. The van der Waals surface area contributed by atoms with E-state index in [1.807, 2.05) is 91.9 Å². The Hall–Kier alpha value is -3.23. The fourth-order valence-electron chi connectivity index (χ4n) is 4.25. The third kappa shape index (κ3) is 7.58. The number of aliphatic imine (C=N–C) groups is 1. The zero-order valence-electron chi connectivity index (χ0n) is 22.7. The van der Waals surface area contributed by atoms with Gasteiger partial charge in [0.2, 0.25) is 0 Å². The van der Waals surface area contributed by atoms with Crippen molar-refractivity contribution in [1.29, 1.82) is 0 Å². The lowest BCUT2D eigenvalue weighted by Gasteiger charge is -2.16. The molecule has 5 nitrogen and oxygen atoms in total. The van der Waals surface area contributed by atoms with Gasteiger partial charge in [0.25, 0.3) is 5.91 Å². The number of carbonyl (C=O) groups excluding carboxylic acids is 1. The fraction of sp³-hybridized carbons (Fsp3) is 0.152. The molecule has 0 radical (unpaired) electrons. The van der Waals surface area contributed by atoms with E-state index in [2.05, 4.69) is 15.9 Å². The highest BCUT2D eigenvalue weighted by Gasteiger charge is 2.33.